The van der Waals surface area contributed by atoms with Gasteiger partial charge in [0.25, 0.3) is 0 Å². The number of halogens is 1. The Labute approximate surface area is 194 Å². The van der Waals surface area contributed by atoms with Crippen LogP contribution in [0.15, 0.2) is 29.3 Å². The Hall–Kier alpha value is -2.92. The number of aryl methyl sites for hydroxylation is 1. The average molecular weight is 472 g/mol. The van der Waals surface area contributed by atoms with Gasteiger partial charge < -0.3 is 15.3 Å². The van der Waals surface area contributed by atoms with Gasteiger partial charge in [0, 0.05) is 37.2 Å². The molecule has 2 N–H and O–H groups in total. The van der Waals surface area contributed by atoms with Crippen molar-refractivity contribution in [1.29, 1.82) is 0 Å². The fourth-order valence-electron chi connectivity index (χ4n) is 4.94. The van der Waals surface area contributed by atoms with E-state index in [1.54, 1.807) is 19.2 Å². The molecule has 1 saturated carbocycles. The first-order chi connectivity index (χ1) is 15.6. The largest absolute Gasteiger partial charge is 0.507 e. The Balaban J connectivity index is 1.43. The second-order valence-corrected chi connectivity index (χ2v) is 10.5. The molecule has 9 nitrogen and oxygen atoms in total. The Bertz CT molecular complexity index is 1270. The fraction of sp³-hybridized carbons (Fsp3) is 0.500. The van der Waals surface area contributed by atoms with E-state index in [1.807, 2.05) is 18.9 Å². The molecule has 1 aromatic carbocycles. The van der Waals surface area contributed by atoms with Crippen LogP contribution in [0.4, 0.5) is 9.52 Å². The first-order valence-corrected chi connectivity index (χ1v) is 11.6. The fourth-order valence-corrected chi connectivity index (χ4v) is 5.82. The molecule has 3 fully saturated rings. The third-order valence-electron chi connectivity index (χ3n) is 7.19. The van der Waals surface area contributed by atoms with Gasteiger partial charge in [-0.3, -0.25) is 4.57 Å². The van der Waals surface area contributed by atoms with E-state index in [2.05, 4.69) is 32.4 Å². The molecule has 2 aliphatic heterocycles. The number of piperidine rings is 2. The summed E-state index contributed by atoms with van der Waals surface area (Å²) < 4.78 is 16.8. The Kier molecular flexibility index (Phi) is 5.02. The van der Waals surface area contributed by atoms with Crippen LogP contribution in [-0.2, 0) is 7.05 Å². The predicted octanol–water partition coefficient (Wildman–Crippen LogP) is 2.37. The summed E-state index contributed by atoms with van der Waals surface area (Å²) in [4.78, 5) is 21.8. The van der Waals surface area contributed by atoms with Crippen molar-refractivity contribution in [1.82, 2.24) is 30.0 Å². The van der Waals surface area contributed by atoms with Crippen LogP contribution < -0.4 is 15.9 Å². The normalized spacial score (nSPS) is 28.8. The van der Waals surface area contributed by atoms with Gasteiger partial charge in [0.1, 0.15) is 18.2 Å². The number of benzene rings is 1. The number of nitrogens with zero attached hydrogens (tertiary/aromatic N) is 6. The number of hydrogen-bond acceptors (Lipinski definition) is 9. The lowest BCUT2D eigenvalue weighted by atomic mass is 9.60. The number of hydrogen-bond donors (Lipinski definition) is 2. The van der Waals surface area contributed by atoms with E-state index in [1.165, 1.54) is 28.3 Å². The van der Waals surface area contributed by atoms with Crippen molar-refractivity contribution in [3.05, 3.63) is 35.0 Å². The van der Waals surface area contributed by atoms with E-state index in [0.717, 1.165) is 19.4 Å². The highest BCUT2D eigenvalue weighted by Gasteiger charge is 2.58. The third-order valence-corrected chi connectivity index (χ3v) is 8.23. The molecule has 11 heteroatoms. The molecule has 0 spiro atoms. The number of phenols is 1. The molecule has 0 amide bonds. The third kappa shape index (κ3) is 3.50. The number of aromatic nitrogens is 5. The number of alkyl halides is 1. The summed E-state index contributed by atoms with van der Waals surface area (Å²) in [6.45, 7) is 4.84. The van der Waals surface area contributed by atoms with Crippen molar-refractivity contribution < 1.29 is 9.50 Å². The van der Waals surface area contributed by atoms with Crippen molar-refractivity contribution in [3.63, 3.8) is 0 Å². The standard InChI is InChI=1S/C22H26FN7O2S/c1-21-7-8-22(2,25-10-21)15(23)16(21)30(4)20-28-27-18(33-20)13-6-5-12(9-14(13)31)17-24-11-29(3)19(32)26-17/h5-6,9,11,15-16,25,31H,7-8,10H2,1-4H3/t15-,16-,21+,22+/m0/s1. The second kappa shape index (κ2) is 7.56. The van der Waals surface area contributed by atoms with Gasteiger partial charge >= 0.3 is 5.69 Å². The van der Waals surface area contributed by atoms with Crippen LogP contribution in [0, 0.1) is 5.41 Å². The van der Waals surface area contributed by atoms with E-state index in [4.69, 9.17) is 0 Å². The van der Waals surface area contributed by atoms with Gasteiger partial charge in [-0.2, -0.15) is 4.98 Å². The van der Waals surface area contributed by atoms with E-state index < -0.39 is 17.4 Å². The minimum absolute atomic E-state index is 0.0223. The molecule has 3 aromatic rings. The summed E-state index contributed by atoms with van der Waals surface area (Å²) in [5.74, 6) is 0.209. The van der Waals surface area contributed by atoms with E-state index >= 15 is 4.39 Å². The van der Waals surface area contributed by atoms with Crippen molar-refractivity contribution in [2.75, 3.05) is 18.5 Å². The summed E-state index contributed by atoms with van der Waals surface area (Å²) in [5, 5.41) is 23.7. The summed E-state index contributed by atoms with van der Waals surface area (Å²) in [6.07, 6.45) is 2.11. The Morgan fingerprint density at radius 1 is 1.30 bits per heavy atom. The molecule has 4 heterocycles. The molecule has 0 radical (unpaired) electrons. The van der Waals surface area contributed by atoms with Crippen molar-refractivity contribution in [2.24, 2.45) is 12.5 Å². The first-order valence-electron chi connectivity index (χ1n) is 10.8. The van der Waals surface area contributed by atoms with Gasteiger partial charge in [0.15, 0.2) is 10.8 Å². The number of fused-ring (bicyclic) bond motifs is 3. The zero-order chi connectivity index (χ0) is 23.5. The van der Waals surface area contributed by atoms with Crippen LogP contribution in [0.5, 0.6) is 5.75 Å². The molecule has 2 saturated heterocycles. The van der Waals surface area contributed by atoms with Gasteiger partial charge in [-0.15, -0.1) is 10.2 Å². The molecule has 4 atom stereocenters. The summed E-state index contributed by atoms with van der Waals surface area (Å²) >= 11 is 1.31. The van der Waals surface area contributed by atoms with Crippen LogP contribution in [-0.4, -0.2) is 61.2 Å². The molecule has 1 aliphatic carbocycles. The van der Waals surface area contributed by atoms with Gasteiger partial charge in [-0.1, -0.05) is 24.3 Å². The highest BCUT2D eigenvalue weighted by atomic mass is 32.1. The molecular formula is C22H26FN7O2S. The Morgan fingerprint density at radius 2 is 2.09 bits per heavy atom. The second-order valence-electron chi connectivity index (χ2n) is 9.58. The predicted molar refractivity (Wildman–Crippen MR) is 124 cm³/mol. The van der Waals surface area contributed by atoms with Crippen LogP contribution in [0.3, 0.4) is 0 Å². The number of nitrogens with one attached hydrogen (secondary N) is 1. The van der Waals surface area contributed by atoms with Gasteiger partial charge in [-0.05, 0) is 31.9 Å². The summed E-state index contributed by atoms with van der Waals surface area (Å²) in [6, 6.07) is 4.61. The molecule has 6 rings (SSSR count). The molecule has 3 aliphatic rings. The van der Waals surface area contributed by atoms with E-state index in [-0.39, 0.29) is 23.0 Å². The smallest absolute Gasteiger partial charge is 0.350 e. The maximum Gasteiger partial charge on any atom is 0.350 e. The monoisotopic (exact) mass is 471 g/mol. The van der Waals surface area contributed by atoms with Crippen molar-refractivity contribution >= 4 is 16.5 Å². The number of anilines is 1. The summed E-state index contributed by atoms with van der Waals surface area (Å²) in [7, 11) is 3.44. The highest BCUT2D eigenvalue weighted by Crippen LogP contribution is 2.50. The molecule has 33 heavy (non-hydrogen) atoms. The number of rotatable bonds is 4. The van der Waals surface area contributed by atoms with E-state index in [0.29, 0.717) is 21.3 Å². The topological polar surface area (TPSA) is 109 Å². The number of phenolic OH excluding ortho intramolecular Hbond substituents is 1. The zero-order valence-corrected chi connectivity index (χ0v) is 19.7. The molecule has 174 valence electrons. The van der Waals surface area contributed by atoms with Crippen LogP contribution >= 0.6 is 11.3 Å². The first kappa shape index (κ1) is 21.9. The minimum atomic E-state index is -1.03. The Morgan fingerprint density at radius 3 is 2.76 bits per heavy atom. The summed E-state index contributed by atoms with van der Waals surface area (Å²) in [5.41, 5.74) is -0.141. The lowest BCUT2D eigenvalue weighted by Crippen LogP contribution is -2.74. The molecule has 0 unspecified atom stereocenters. The van der Waals surface area contributed by atoms with E-state index in [9.17, 15) is 9.90 Å². The average Bonchev–Trinajstić information content (AvgIpc) is 3.27. The maximum absolute atomic E-state index is 15.5. The van der Waals surface area contributed by atoms with Crippen molar-refractivity contribution in [2.45, 2.75) is 44.4 Å². The van der Waals surface area contributed by atoms with Crippen LogP contribution in [0.2, 0.25) is 0 Å². The SMILES string of the molecule is CN(c1nnc(-c2ccc(-c3ncn(C)c(=O)n3)cc2O)s1)[C@H]1[C@H](F)[C@@]2(C)CC[C@]1(C)CN2. The quantitative estimate of drug-likeness (QED) is 0.597. The maximum atomic E-state index is 15.5. The van der Waals surface area contributed by atoms with Crippen LogP contribution in [0.1, 0.15) is 26.7 Å². The van der Waals surface area contributed by atoms with Crippen molar-refractivity contribution in [3.8, 4) is 27.7 Å². The zero-order valence-electron chi connectivity index (χ0n) is 18.9. The molecule has 2 aromatic heterocycles. The lowest BCUT2D eigenvalue weighted by Gasteiger charge is -2.59. The van der Waals surface area contributed by atoms with Gasteiger partial charge in [0.05, 0.1) is 11.6 Å². The highest BCUT2D eigenvalue weighted by molar-refractivity contribution is 7.18. The minimum Gasteiger partial charge on any atom is -0.507 e. The lowest BCUT2D eigenvalue weighted by molar-refractivity contribution is -0.0409. The van der Waals surface area contributed by atoms with Gasteiger partial charge in [0.2, 0.25) is 5.13 Å². The van der Waals surface area contributed by atoms with Gasteiger partial charge in [-0.25, -0.2) is 14.2 Å². The molecular weight excluding hydrogens is 445 g/mol. The van der Waals surface area contributed by atoms with Crippen LogP contribution in [0.25, 0.3) is 22.0 Å². The number of aromatic hydroxyl groups is 1. The molecule has 2 bridgehead atoms.